The van der Waals surface area contributed by atoms with Gasteiger partial charge in [0.1, 0.15) is 0 Å². The summed E-state index contributed by atoms with van der Waals surface area (Å²) >= 11 is 0. The maximum atomic E-state index is 6.67. The molecule has 3 nitrogen and oxygen atoms in total. The van der Waals surface area contributed by atoms with Crippen molar-refractivity contribution in [3.05, 3.63) is 87.0 Å². The Morgan fingerprint density at radius 3 is 1.04 bits per heavy atom. The number of benzene rings is 3. The second-order valence-electron chi connectivity index (χ2n) is 14.0. The van der Waals surface area contributed by atoms with Crippen LogP contribution in [0.2, 0.25) is 0 Å². The molecule has 0 aliphatic rings. The van der Waals surface area contributed by atoms with Crippen LogP contribution >= 0.6 is 0 Å². The third-order valence-corrected chi connectivity index (χ3v) is 10.5. The van der Waals surface area contributed by atoms with Gasteiger partial charge in [-0.15, -0.1) is 0 Å². The van der Waals surface area contributed by atoms with Crippen LogP contribution in [-0.4, -0.2) is 0 Å². The molecule has 46 heavy (non-hydrogen) atoms. The third kappa shape index (κ3) is 10.5. The molecule has 0 aromatic heterocycles. The summed E-state index contributed by atoms with van der Waals surface area (Å²) in [6, 6.07) is 15.9. The van der Waals surface area contributed by atoms with Crippen LogP contribution in [0, 0.1) is 0 Å². The smallest absolute Gasteiger partial charge is 0.0384 e. The fourth-order valence-electron chi connectivity index (χ4n) is 6.31. The van der Waals surface area contributed by atoms with Gasteiger partial charge in [0.25, 0.3) is 0 Å². The quantitative estimate of drug-likeness (QED) is 0.138. The van der Waals surface area contributed by atoms with Crippen molar-refractivity contribution in [2.75, 3.05) is 17.2 Å². The molecule has 256 valence electrons. The van der Waals surface area contributed by atoms with E-state index in [-0.39, 0.29) is 0 Å². The number of nitrogen functional groups attached to an aromatic ring is 3. The average Bonchev–Trinajstić information content (AvgIpc) is 3.07. The molecular weight excluding hydrogens is 558 g/mol. The predicted octanol–water partition coefficient (Wildman–Crippen LogP) is 12.4. The van der Waals surface area contributed by atoms with E-state index < -0.39 is 0 Å². The van der Waals surface area contributed by atoms with Crippen molar-refractivity contribution in [3.8, 4) is 0 Å². The van der Waals surface area contributed by atoms with Crippen LogP contribution < -0.4 is 17.2 Å². The lowest BCUT2D eigenvalue weighted by Crippen LogP contribution is -2.09. The minimum absolute atomic E-state index is 0.473. The summed E-state index contributed by atoms with van der Waals surface area (Å²) in [7, 11) is 0. The Hall–Kier alpha value is -2.94. The Balaban J connectivity index is 0.000000410. The maximum Gasteiger partial charge on any atom is 0.0384 e. The first-order valence-electron chi connectivity index (χ1n) is 18.7. The van der Waals surface area contributed by atoms with Gasteiger partial charge in [-0.05, 0) is 126 Å². The van der Waals surface area contributed by atoms with Gasteiger partial charge in [-0.1, -0.05) is 125 Å². The topological polar surface area (TPSA) is 78.1 Å². The molecule has 3 aromatic rings. The molecule has 0 heterocycles. The summed E-state index contributed by atoms with van der Waals surface area (Å²) in [5.74, 6) is 1.89. The highest BCUT2D eigenvalue weighted by atomic mass is 14.6. The number of hydrogen-bond donors (Lipinski definition) is 3. The van der Waals surface area contributed by atoms with Crippen LogP contribution in [0.1, 0.15) is 189 Å². The van der Waals surface area contributed by atoms with Gasteiger partial charge < -0.3 is 17.2 Å². The average molecular weight is 628 g/mol. The largest absolute Gasteiger partial charge is 0.398 e. The monoisotopic (exact) mass is 628 g/mol. The van der Waals surface area contributed by atoms with Crippen LogP contribution in [-0.2, 0) is 19.3 Å². The predicted molar refractivity (Wildman–Crippen MR) is 207 cm³/mol. The first-order valence-corrected chi connectivity index (χ1v) is 18.7. The molecule has 0 spiro atoms. The molecule has 0 aliphatic heterocycles. The Morgan fingerprint density at radius 1 is 0.478 bits per heavy atom. The highest BCUT2D eigenvalue weighted by Gasteiger charge is 2.19. The highest BCUT2D eigenvalue weighted by molar-refractivity contribution is 5.61. The molecule has 4 unspecified atom stereocenters. The number of aryl methyl sites for hydroxylation is 2. The molecule has 3 heteroatoms. The van der Waals surface area contributed by atoms with Crippen LogP contribution in [0.3, 0.4) is 0 Å². The van der Waals surface area contributed by atoms with E-state index in [1.807, 2.05) is 0 Å². The van der Waals surface area contributed by atoms with Crippen molar-refractivity contribution >= 4 is 17.1 Å². The first kappa shape index (κ1) is 39.2. The molecule has 3 aromatic carbocycles. The van der Waals surface area contributed by atoms with Gasteiger partial charge in [-0.3, -0.25) is 0 Å². The van der Waals surface area contributed by atoms with Crippen molar-refractivity contribution < 1.29 is 0 Å². The zero-order valence-corrected chi connectivity index (χ0v) is 31.4. The number of unbranched alkanes of at least 4 members (excludes halogenated alkanes) is 2. The molecule has 4 atom stereocenters. The van der Waals surface area contributed by atoms with Gasteiger partial charge >= 0.3 is 0 Å². The molecule has 3 rings (SSSR count). The number of nitrogens with two attached hydrogens (primary N) is 3. The summed E-state index contributed by atoms with van der Waals surface area (Å²) < 4.78 is 0. The van der Waals surface area contributed by atoms with Crippen molar-refractivity contribution in [1.29, 1.82) is 0 Å². The highest BCUT2D eigenvalue weighted by Crippen LogP contribution is 2.37. The second kappa shape index (κ2) is 19.7. The Bertz CT molecular complexity index is 1180. The molecule has 0 aliphatic carbocycles. The minimum Gasteiger partial charge on any atom is -0.398 e. The molecule has 0 saturated carbocycles. The van der Waals surface area contributed by atoms with Crippen LogP contribution in [0.15, 0.2) is 42.5 Å². The van der Waals surface area contributed by atoms with E-state index in [1.165, 1.54) is 70.2 Å². The van der Waals surface area contributed by atoms with Crippen LogP contribution in [0.5, 0.6) is 0 Å². The summed E-state index contributed by atoms with van der Waals surface area (Å²) in [6.07, 6.45) is 12.5. The van der Waals surface area contributed by atoms with E-state index in [9.17, 15) is 0 Å². The summed E-state index contributed by atoms with van der Waals surface area (Å²) in [5, 5.41) is 0. The Labute approximate surface area is 284 Å². The van der Waals surface area contributed by atoms with E-state index in [2.05, 4.69) is 112 Å². The minimum atomic E-state index is 0.473. The molecule has 0 amide bonds. The fraction of sp³-hybridized carbons (Fsp3) is 0.581. The van der Waals surface area contributed by atoms with Gasteiger partial charge in [0.2, 0.25) is 0 Å². The second-order valence-corrected chi connectivity index (χ2v) is 14.0. The summed E-state index contributed by atoms with van der Waals surface area (Å²) in [4.78, 5) is 0. The zero-order chi connectivity index (χ0) is 34.4. The maximum absolute atomic E-state index is 6.67. The number of rotatable bonds is 16. The van der Waals surface area contributed by atoms with Gasteiger partial charge in [-0.2, -0.15) is 0 Å². The van der Waals surface area contributed by atoms with Crippen LogP contribution in [0.4, 0.5) is 17.1 Å². The lowest BCUT2D eigenvalue weighted by molar-refractivity contribution is 0.710. The van der Waals surface area contributed by atoms with E-state index in [4.69, 9.17) is 17.2 Å². The number of para-hydroxylation sites is 1. The van der Waals surface area contributed by atoms with E-state index >= 15 is 0 Å². The number of hydrogen-bond acceptors (Lipinski definition) is 3. The van der Waals surface area contributed by atoms with Gasteiger partial charge in [-0.25, -0.2) is 0 Å². The van der Waals surface area contributed by atoms with E-state index in [1.54, 1.807) is 0 Å². The zero-order valence-electron chi connectivity index (χ0n) is 31.4. The SMILES string of the molecule is CCC(C)c1cc(Cc2cc(C(C)CC)c(N)c(C(C)CC)c2)cc(C(C)CC)c1N.CCCCc1cccc(CCCC)c1N. The van der Waals surface area contributed by atoms with Crippen molar-refractivity contribution in [1.82, 2.24) is 0 Å². The first-order chi connectivity index (χ1) is 22.0. The molecule has 0 saturated heterocycles. The van der Waals surface area contributed by atoms with Gasteiger partial charge in [0.15, 0.2) is 0 Å². The fourth-order valence-corrected chi connectivity index (χ4v) is 6.31. The van der Waals surface area contributed by atoms with Gasteiger partial charge in [0, 0.05) is 17.1 Å². The molecule has 0 radical (unpaired) electrons. The van der Waals surface area contributed by atoms with Gasteiger partial charge in [0.05, 0.1) is 0 Å². The molecule has 0 bridgehead atoms. The molecule has 6 N–H and O–H groups in total. The van der Waals surface area contributed by atoms with Crippen molar-refractivity contribution in [2.24, 2.45) is 0 Å². The standard InChI is InChI=1S/C29H46N2.C14H23N/c1-9-18(5)24-14-22(15-25(28(24)30)19(6)10-2)13-23-16-26(20(7)11-3)29(31)27(17-23)21(8)12-4;1-3-5-8-12-10-7-11-13(14(12)15)9-6-4-2/h14-21H,9-13,30-31H2,1-8H3;7,10-11H,3-6,8-9,15H2,1-2H3. The lowest BCUT2D eigenvalue weighted by Gasteiger charge is -2.23. The van der Waals surface area contributed by atoms with E-state index in [0.717, 1.165) is 62.0 Å². The lowest BCUT2D eigenvalue weighted by atomic mass is 9.84. The summed E-state index contributed by atoms with van der Waals surface area (Å²) in [5.41, 5.74) is 33.2. The number of anilines is 3. The normalized spacial score (nSPS) is 13.9. The Morgan fingerprint density at radius 2 is 0.783 bits per heavy atom. The molecule has 0 fully saturated rings. The molecular formula is C43H69N3. The Kier molecular flexibility index (Phi) is 16.8. The summed E-state index contributed by atoms with van der Waals surface area (Å²) in [6.45, 7) is 22.6. The van der Waals surface area contributed by atoms with Crippen molar-refractivity contribution in [2.45, 2.75) is 164 Å². The van der Waals surface area contributed by atoms with E-state index in [0.29, 0.717) is 23.7 Å². The van der Waals surface area contributed by atoms with Crippen LogP contribution in [0.25, 0.3) is 0 Å². The van der Waals surface area contributed by atoms with Crippen molar-refractivity contribution in [3.63, 3.8) is 0 Å². The third-order valence-electron chi connectivity index (χ3n) is 10.5.